The van der Waals surface area contributed by atoms with Crippen molar-refractivity contribution < 1.29 is 0 Å². The van der Waals surface area contributed by atoms with Crippen LogP contribution in [0.4, 0.5) is 5.69 Å². The van der Waals surface area contributed by atoms with Gasteiger partial charge in [0, 0.05) is 18.8 Å². The van der Waals surface area contributed by atoms with Crippen molar-refractivity contribution in [3.63, 3.8) is 0 Å². The van der Waals surface area contributed by atoms with Crippen molar-refractivity contribution in [2.75, 3.05) is 5.32 Å². The Kier molecular flexibility index (Phi) is 3.39. The van der Waals surface area contributed by atoms with Crippen LogP contribution in [0, 0.1) is 6.92 Å². The van der Waals surface area contributed by atoms with Crippen LogP contribution in [-0.4, -0.2) is 9.97 Å². The van der Waals surface area contributed by atoms with Crippen LogP contribution < -0.4 is 11.1 Å². The fourth-order valence-corrected chi connectivity index (χ4v) is 2.32. The van der Waals surface area contributed by atoms with Crippen molar-refractivity contribution in [1.29, 1.82) is 0 Å². The zero-order valence-electron chi connectivity index (χ0n) is 11.5. The molecule has 0 bridgehead atoms. The van der Waals surface area contributed by atoms with Gasteiger partial charge in [0.2, 0.25) is 0 Å². The maximum Gasteiger partial charge on any atom is 0.104 e. The lowest BCUT2D eigenvalue weighted by Gasteiger charge is -2.07. The largest absolute Gasteiger partial charge is 0.381 e. The molecular weight excluding hydrogens is 248 g/mol. The lowest BCUT2D eigenvalue weighted by Crippen LogP contribution is -2.01. The molecule has 0 radical (unpaired) electrons. The molecule has 0 saturated heterocycles. The molecule has 102 valence electrons. The predicted molar refractivity (Wildman–Crippen MR) is 82.5 cm³/mol. The lowest BCUT2D eigenvalue weighted by molar-refractivity contribution is 1.05. The maximum atomic E-state index is 5.66. The first-order valence-corrected chi connectivity index (χ1v) is 6.73. The monoisotopic (exact) mass is 266 g/mol. The molecule has 4 N–H and O–H groups in total. The first kappa shape index (κ1) is 12.7. The summed E-state index contributed by atoms with van der Waals surface area (Å²) in [6, 6.07) is 14.5. The number of fused-ring (bicyclic) bond motifs is 1. The Morgan fingerprint density at radius 1 is 1.15 bits per heavy atom. The predicted octanol–water partition coefficient (Wildman–Crippen LogP) is 2.94. The molecule has 1 aromatic heterocycles. The Hall–Kier alpha value is -2.33. The van der Waals surface area contributed by atoms with Gasteiger partial charge in [-0.15, -0.1) is 0 Å². The minimum atomic E-state index is 0.577. The van der Waals surface area contributed by atoms with Crippen LogP contribution in [0.5, 0.6) is 0 Å². The molecule has 0 unspecified atom stereocenters. The third-order valence-electron chi connectivity index (χ3n) is 3.32. The molecule has 1 heterocycles. The van der Waals surface area contributed by atoms with Gasteiger partial charge in [0.05, 0.1) is 11.0 Å². The van der Waals surface area contributed by atoms with Crippen molar-refractivity contribution in [2.45, 2.75) is 20.0 Å². The highest BCUT2D eigenvalue weighted by molar-refractivity contribution is 5.79. The molecule has 3 aromatic rings. The van der Waals surface area contributed by atoms with Crippen molar-refractivity contribution in [3.8, 4) is 0 Å². The lowest BCUT2D eigenvalue weighted by atomic mass is 10.1. The highest BCUT2D eigenvalue weighted by atomic mass is 14.9. The van der Waals surface area contributed by atoms with Crippen molar-refractivity contribution in [2.24, 2.45) is 5.73 Å². The second-order valence-corrected chi connectivity index (χ2v) is 4.93. The van der Waals surface area contributed by atoms with Gasteiger partial charge in [-0.2, -0.15) is 0 Å². The quantitative estimate of drug-likeness (QED) is 0.680. The second-order valence-electron chi connectivity index (χ2n) is 4.93. The standard InChI is InChI=1S/C16H18N4/c1-11-19-15-6-5-14(8-16(15)20-11)18-10-13-4-2-3-12(7-13)9-17/h2-8,18H,9-10,17H2,1H3,(H,19,20). The third-order valence-corrected chi connectivity index (χ3v) is 3.32. The van der Waals surface area contributed by atoms with E-state index in [2.05, 4.69) is 39.6 Å². The van der Waals surface area contributed by atoms with Crippen LogP contribution in [0.3, 0.4) is 0 Å². The van der Waals surface area contributed by atoms with E-state index in [4.69, 9.17) is 5.73 Å². The van der Waals surface area contributed by atoms with Crippen LogP contribution in [0.15, 0.2) is 42.5 Å². The highest BCUT2D eigenvalue weighted by Crippen LogP contribution is 2.18. The molecule has 4 nitrogen and oxygen atoms in total. The molecule has 4 heteroatoms. The van der Waals surface area contributed by atoms with E-state index >= 15 is 0 Å². The van der Waals surface area contributed by atoms with Gasteiger partial charge < -0.3 is 16.0 Å². The number of nitrogens with zero attached hydrogens (tertiary/aromatic N) is 1. The molecule has 0 aliphatic carbocycles. The van der Waals surface area contributed by atoms with Gasteiger partial charge in [0.25, 0.3) is 0 Å². The summed E-state index contributed by atoms with van der Waals surface area (Å²) >= 11 is 0. The molecule has 0 saturated carbocycles. The molecule has 0 fully saturated rings. The number of benzene rings is 2. The average molecular weight is 266 g/mol. The molecule has 0 amide bonds. The molecule has 20 heavy (non-hydrogen) atoms. The number of hydrogen-bond donors (Lipinski definition) is 3. The summed E-state index contributed by atoms with van der Waals surface area (Å²) in [5.41, 5.74) is 11.2. The summed E-state index contributed by atoms with van der Waals surface area (Å²) in [6.07, 6.45) is 0. The fourth-order valence-electron chi connectivity index (χ4n) is 2.32. The first-order chi connectivity index (χ1) is 9.74. The number of rotatable bonds is 4. The Labute approximate surface area is 118 Å². The second kappa shape index (κ2) is 5.35. The average Bonchev–Trinajstić information content (AvgIpc) is 2.84. The minimum absolute atomic E-state index is 0.577. The summed E-state index contributed by atoms with van der Waals surface area (Å²) in [7, 11) is 0. The summed E-state index contributed by atoms with van der Waals surface area (Å²) in [5.74, 6) is 0.938. The number of hydrogen-bond acceptors (Lipinski definition) is 3. The van der Waals surface area contributed by atoms with Gasteiger partial charge in [-0.25, -0.2) is 4.98 Å². The fraction of sp³-hybridized carbons (Fsp3) is 0.188. The van der Waals surface area contributed by atoms with E-state index in [1.54, 1.807) is 0 Å². The highest BCUT2D eigenvalue weighted by Gasteiger charge is 2.01. The number of aromatic amines is 1. The zero-order valence-corrected chi connectivity index (χ0v) is 11.5. The van der Waals surface area contributed by atoms with E-state index in [9.17, 15) is 0 Å². The van der Waals surface area contributed by atoms with Crippen LogP contribution in [0.2, 0.25) is 0 Å². The summed E-state index contributed by atoms with van der Waals surface area (Å²) in [5, 5.41) is 3.43. The van der Waals surface area contributed by atoms with E-state index < -0.39 is 0 Å². The van der Waals surface area contributed by atoms with Gasteiger partial charge in [-0.1, -0.05) is 24.3 Å². The van der Waals surface area contributed by atoms with Crippen LogP contribution in [0.25, 0.3) is 11.0 Å². The van der Waals surface area contributed by atoms with Gasteiger partial charge in [-0.05, 0) is 36.2 Å². The molecule has 0 spiro atoms. The molecular formula is C16H18N4. The van der Waals surface area contributed by atoms with Crippen LogP contribution in [0.1, 0.15) is 17.0 Å². The topological polar surface area (TPSA) is 66.7 Å². The minimum Gasteiger partial charge on any atom is -0.381 e. The molecule has 0 aliphatic rings. The van der Waals surface area contributed by atoms with Crippen molar-refractivity contribution >= 4 is 16.7 Å². The number of nitrogens with one attached hydrogen (secondary N) is 2. The van der Waals surface area contributed by atoms with E-state index in [0.29, 0.717) is 6.54 Å². The maximum absolute atomic E-state index is 5.66. The van der Waals surface area contributed by atoms with Gasteiger partial charge in [0.1, 0.15) is 5.82 Å². The van der Waals surface area contributed by atoms with E-state index in [-0.39, 0.29) is 0 Å². The number of nitrogens with two attached hydrogens (primary N) is 1. The van der Waals surface area contributed by atoms with E-state index in [0.717, 1.165) is 34.7 Å². The SMILES string of the molecule is Cc1nc2ccc(NCc3cccc(CN)c3)cc2[nH]1. The van der Waals surface area contributed by atoms with Crippen molar-refractivity contribution in [1.82, 2.24) is 9.97 Å². The van der Waals surface area contributed by atoms with Gasteiger partial charge in [-0.3, -0.25) is 0 Å². The number of aryl methyl sites for hydroxylation is 1. The Bertz CT molecular complexity index is 730. The van der Waals surface area contributed by atoms with Crippen LogP contribution >= 0.6 is 0 Å². The molecule has 0 aliphatic heterocycles. The zero-order chi connectivity index (χ0) is 13.9. The molecule has 0 atom stereocenters. The van der Waals surface area contributed by atoms with Crippen LogP contribution in [-0.2, 0) is 13.1 Å². The first-order valence-electron chi connectivity index (χ1n) is 6.73. The summed E-state index contributed by atoms with van der Waals surface area (Å²) in [6.45, 7) is 3.32. The normalized spacial score (nSPS) is 10.9. The van der Waals surface area contributed by atoms with Gasteiger partial charge in [0.15, 0.2) is 0 Å². The van der Waals surface area contributed by atoms with E-state index in [1.165, 1.54) is 5.56 Å². The summed E-state index contributed by atoms with van der Waals surface area (Å²) < 4.78 is 0. The smallest absolute Gasteiger partial charge is 0.104 e. The summed E-state index contributed by atoms with van der Waals surface area (Å²) in [4.78, 5) is 7.65. The Balaban J connectivity index is 1.75. The van der Waals surface area contributed by atoms with E-state index in [1.807, 2.05) is 25.1 Å². The Morgan fingerprint density at radius 3 is 2.85 bits per heavy atom. The molecule has 2 aromatic carbocycles. The van der Waals surface area contributed by atoms with Crippen molar-refractivity contribution in [3.05, 3.63) is 59.4 Å². The number of anilines is 1. The number of aromatic nitrogens is 2. The van der Waals surface area contributed by atoms with Gasteiger partial charge >= 0.3 is 0 Å². The number of H-pyrrole nitrogens is 1. The molecule has 3 rings (SSSR count). The Morgan fingerprint density at radius 2 is 2.00 bits per heavy atom. The number of imidazole rings is 1. The third kappa shape index (κ3) is 2.65.